The molecule has 0 spiro atoms. The van der Waals surface area contributed by atoms with Crippen LogP contribution in [0.5, 0.6) is 0 Å². The summed E-state index contributed by atoms with van der Waals surface area (Å²) in [5.41, 5.74) is 0. The molecule has 1 atom stereocenters. The number of amides is 2. The van der Waals surface area contributed by atoms with Crippen molar-refractivity contribution >= 4 is 12.0 Å². The highest BCUT2D eigenvalue weighted by Gasteiger charge is 2.23. The van der Waals surface area contributed by atoms with Gasteiger partial charge in [0.05, 0.1) is 6.54 Å². The fourth-order valence-corrected chi connectivity index (χ4v) is 1.63. The summed E-state index contributed by atoms with van der Waals surface area (Å²) in [7, 11) is 1.65. The van der Waals surface area contributed by atoms with Crippen molar-refractivity contribution in [3.05, 3.63) is 0 Å². The van der Waals surface area contributed by atoms with Crippen molar-refractivity contribution in [1.82, 2.24) is 10.2 Å². The molecule has 2 amide bonds. The van der Waals surface area contributed by atoms with Gasteiger partial charge in [0.15, 0.2) is 6.10 Å². The Morgan fingerprint density at radius 1 is 1.47 bits per heavy atom. The number of aliphatic hydroxyl groups excluding tert-OH is 1. The molecule has 0 aliphatic carbocycles. The van der Waals surface area contributed by atoms with E-state index in [2.05, 4.69) is 5.32 Å². The summed E-state index contributed by atoms with van der Waals surface area (Å²) in [6, 6.07) is -0.275. The van der Waals surface area contributed by atoms with Gasteiger partial charge in [0, 0.05) is 26.3 Å². The number of aliphatic carboxylic acids is 1. The van der Waals surface area contributed by atoms with Crippen LogP contribution in [-0.4, -0.2) is 66.1 Å². The third kappa shape index (κ3) is 4.20. The zero-order valence-corrected chi connectivity index (χ0v) is 9.76. The van der Waals surface area contributed by atoms with Gasteiger partial charge in [-0.15, -0.1) is 0 Å². The van der Waals surface area contributed by atoms with Crippen LogP contribution in [0.4, 0.5) is 4.79 Å². The zero-order chi connectivity index (χ0) is 12.8. The molecule has 0 saturated carbocycles. The first-order valence-electron chi connectivity index (χ1n) is 5.51. The summed E-state index contributed by atoms with van der Waals surface area (Å²) in [6.07, 6.45) is -0.0291. The standard InChI is InChI=1S/C10H18N2O5/c1-12(7-2-4-17-5-3-7)10(16)11-6-8(13)9(14)15/h7-8,13H,2-6H2,1H3,(H,11,16)(H,14,15). The maximum absolute atomic E-state index is 11.6. The van der Waals surface area contributed by atoms with Crippen LogP contribution in [0, 0.1) is 0 Å². The molecule has 98 valence electrons. The normalized spacial score (nSPS) is 18.5. The fraction of sp³-hybridized carbons (Fsp3) is 0.800. The van der Waals surface area contributed by atoms with Crippen molar-refractivity contribution in [2.75, 3.05) is 26.8 Å². The molecule has 1 fully saturated rings. The Bertz CT molecular complexity index is 278. The number of hydrogen-bond acceptors (Lipinski definition) is 4. The Hall–Kier alpha value is -1.34. The minimum atomic E-state index is -1.57. The molecule has 7 heteroatoms. The predicted octanol–water partition coefficient (Wildman–Crippen LogP) is -0.748. The van der Waals surface area contributed by atoms with Gasteiger partial charge in [-0.25, -0.2) is 9.59 Å². The molecule has 1 saturated heterocycles. The van der Waals surface area contributed by atoms with Crippen molar-refractivity contribution < 1.29 is 24.5 Å². The largest absolute Gasteiger partial charge is 0.479 e. The van der Waals surface area contributed by atoms with Gasteiger partial charge in [-0.2, -0.15) is 0 Å². The third-order valence-electron chi connectivity index (χ3n) is 2.79. The number of carboxylic acid groups (broad SMARTS) is 1. The quantitative estimate of drug-likeness (QED) is 0.606. The maximum Gasteiger partial charge on any atom is 0.334 e. The highest BCUT2D eigenvalue weighted by Crippen LogP contribution is 2.12. The molecule has 7 nitrogen and oxygen atoms in total. The van der Waals surface area contributed by atoms with Gasteiger partial charge in [0.25, 0.3) is 0 Å². The number of carbonyl (C=O) groups excluding carboxylic acids is 1. The Labute approximate surface area is 99.4 Å². The van der Waals surface area contributed by atoms with Crippen LogP contribution in [0.25, 0.3) is 0 Å². The molecule has 1 rings (SSSR count). The monoisotopic (exact) mass is 246 g/mol. The maximum atomic E-state index is 11.6. The van der Waals surface area contributed by atoms with E-state index in [-0.39, 0.29) is 18.6 Å². The van der Waals surface area contributed by atoms with Gasteiger partial charge < -0.3 is 25.2 Å². The zero-order valence-electron chi connectivity index (χ0n) is 9.76. The van der Waals surface area contributed by atoms with Crippen molar-refractivity contribution in [2.24, 2.45) is 0 Å². The molecule has 1 aliphatic heterocycles. The first-order valence-corrected chi connectivity index (χ1v) is 5.51. The van der Waals surface area contributed by atoms with E-state index in [1.54, 1.807) is 7.05 Å². The molecule has 0 bridgehead atoms. The number of carbonyl (C=O) groups is 2. The van der Waals surface area contributed by atoms with Crippen LogP contribution in [-0.2, 0) is 9.53 Å². The van der Waals surface area contributed by atoms with Gasteiger partial charge in [-0.3, -0.25) is 0 Å². The van der Waals surface area contributed by atoms with Crippen LogP contribution >= 0.6 is 0 Å². The van der Waals surface area contributed by atoms with E-state index in [9.17, 15) is 9.59 Å². The van der Waals surface area contributed by atoms with Crippen LogP contribution in [0.3, 0.4) is 0 Å². The molecular formula is C10H18N2O5. The lowest BCUT2D eigenvalue weighted by Crippen LogP contribution is -2.48. The predicted molar refractivity (Wildman–Crippen MR) is 58.6 cm³/mol. The second kappa shape index (κ2) is 6.41. The Morgan fingerprint density at radius 2 is 2.06 bits per heavy atom. The Balaban J connectivity index is 2.33. The lowest BCUT2D eigenvalue weighted by molar-refractivity contribution is -0.146. The molecule has 0 aromatic carbocycles. The van der Waals surface area contributed by atoms with Crippen LogP contribution < -0.4 is 5.32 Å². The van der Waals surface area contributed by atoms with E-state index in [4.69, 9.17) is 14.9 Å². The summed E-state index contributed by atoms with van der Waals surface area (Å²) in [6.45, 7) is 0.960. The van der Waals surface area contributed by atoms with Gasteiger partial charge in [-0.05, 0) is 12.8 Å². The van der Waals surface area contributed by atoms with Crippen LogP contribution in [0.1, 0.15) is 12.8 Å². The van der Waals surface area contributed by atoms with E-state index >= 15 is 0 Å². The lowest BCUT2D eigenvalue weighted by atomic mass is 10.1. The number of urea groups is 1. The highest BCUT2D eigenvalue weighted by molar-refractivity contribution is 5.76. The summed E-state index contributed by atoms with van der Waals surface area (Å²) in [4.78, 5) is 23.5. The number of nitrogens with zero attached hydrogens (tertiary/aromatic N) is 1. The fourth-order valence-electron chi connectivity index (χ4n) is 1.63. The van der Waals surface area contributed by atoms with E-state index in [1.807, 2.05) is 0 Å². The minimum absolute atomic E-state index is 0.103. The summed E-state index contributed by atoms with van der Waals surface area (Å²) >= 11 is 0. The Morgan fingerprint density at radius 3 is 2.59 bits per heavy atom. The molecule has 0 aromatic heterocycles. The first kappa shape index (κ1) is 13.7. The van der Waals surface area contributed by atoms with Crippen molar-refractivity contribution in [3.8, 4) is 0 Å². The Kier molecular flexibility index (Phi) is 5.17. The second-order valence-electron chi connectivity index (χ2n) is 3.99. The number of carboxylic acids is 1. The van der Waals surface area contributed by atoms with E-state index in [1.165, 1.54) is 4.90 Å². The number of nitrogens with one attached hydrogen (secondary N) is 1. The molecule has 3 N–H and O–H groups in total. The minimum Gasteiger partial charge on any atom is -0.479 e. The van der Waals surface area contributed by atoms with E-state index in [0.29, 0.717) is 13.2 Å². The number of ether oxygens (including phenoxy) is 1. The summed E-state index contributed by atoms with van der Waals surface area (Å²) in [5, 5.41) is 19.8. The smallest absolute Gasteiger partial charge is 0.334 e. The third-order valence-corrected chi connectivity index (χ3v) is 2.79. The van der Waals surface area contributed by atoms with Crippen LogP contribution in [0.15, 0.2) is 0 Å². The van der Waals surface area contributed by atoms with Crippen molar-refractivity contribution in [1.29, 1.82) is 0 Å². The SMILES string of the molecule is CN(C(=O)NCC(O)C(=O)O)C1CCOCC1. The second-order valence-corrected chi connectivity index (χ2v) is 3.99. The molecule has 1 heterocycles. The van der Waals surface area contributed by atoms with E-state index < -0.39 is 12.1 Å². The molecule has 0 aromatic rings. The van der Waals surface area contributed by atoms with Crippen molar-refractivity contribution in [2.45, 2.75) is 25.0 Å². The number of rotatable bonds is 4. The lowest BCUT2D eigenvalue weighted by Gasteiger charge is -2.31. The van der Waals surface area contributed by atoms with Gasteiger partial charge in [0.1, 0.15) is 0 Å². The molecule has 1 unspecified atom stereocenters. The van der Waals surface area contributed by atoms with E-state index in [0.717, 1.165) is 12.8 Å². The number of aliphatic hydroxyl groups is 1. The highest BCUT2D eigenvalue weighted by atomic mass is 16.5. The first-order chi connectivity index (χ1) is 8.02. The average Bonchev–Trinajstić information content (AvgIpc) is 2.35. The van der Waals surface area contributed by atoms with Crippen LogP contribution in [0.2, 0.25) is 0 Å². The molecular weight excluding hydrogens is 228 g/mol. The van der Waals surface area contributed by atoms with Gasteiger partial charge in [-0.1, -0.05) is 0 Å². The summed E-state index contributed by atoms with van der Waals surface area (Å²) < 4.78 is 5.18. The van der Waals surface area contributed by atoms with Gasteiger partial charge in [0.2, 0.25) is 0 Å². The molecule has 1 aliphatic rings. The van der Waals surface area contributed by atoms with Gasteiger partial charge >= 0.3 is 12.0 Å². The average molecular weight is 246 g/mol. The van der Waals surface area contributed by atoms with Crippen molar-refractivity contribution in [3.63, 3.8) is 0 Å². The topological polar surface area (TPSA) is 99.1 Å². The number of hydrogen-bond donors (Lipinski definition) is 3. The molecule has 17 heavy (non-hydrogen) atoms. The molecule has 0 radical (unpaired) electrons. The summed E-state index contributed by atoms with van der Waals surface area (Å²) in [5.74, 6) is -1.35.